The van der Waals surface area contributed by atoms with Crippen LogP contribution in [-0.2, 0) is 16.4 Å². The summed E-state index contributed by atoms with van der Waals surface area (Å²) in [5, 5.41) is 2.62. The highest BCUT2D eigenvalue weighted by atomic mass is 32.2. The summed E-state index contributed by atoms with van der Waals surface area (Å²) in [7, 11) is -3.44. The smallest absolute Gasteiger partial charge is 0.252 e. The number of thiophene rings is 1. The van der Waals surface area contributed by atoms with Crippen LogP contribution in [0.2, 0.25) is 0 Å². The van der Waals surface area contributed by atoms with Crippen molar-refractivity contribution in [2.45, 2.75) is 31.4 Å². The highest BCUT2D eigenvalue weighted by Gasteiger charge is 2.24. The molecule has 0 saturated carbocycles. The van der Waals surface area contributed by atoms with Crippen LogP contribution in [0.5, 0.6) is 0 Å². The normalized spacial score (nSPS) is 11.9. The molecule has 6 nitrogen and oxygen atoms in total. The number of hydrogen-bond donors (Lipinski definition) is 0. The lowest BCUT2D eigenvalue weighted by Crippen LogP contribution is -2.38. The molecule has 3 rings (SSSR count). The number of anilines is 1. The molecule has 156 valence electrons. The van der Waals surface area contributed by atoms with E-state index in [1.54, 1.807) is 17.5 Å². The minimum absolute atomic E-state index is 0.388. The lowest BCUT2D eigenvalue weighted by molar-refractivity contribution is 0.432. The van der Waals surface area contributed by atoms with Gasteiger partial charge in [-0.1, -0.05) is 42.8 Å². The molecule has 0 aliphatic carbocycles. The molecule has 1 aromatic carbocycles. The van der Waals surface area contributed by atoms with Crippen LogP contribution in [0.3, 0.4) is 0 Å². The van der Waals surface area contributed by atoms with Gasteiger partial charge in [-0.05, 0) is 30.9 Å². The highest BCUT2D eigenvalue weighted by molar-refractivity contribution is 7.91. The Labute approximate surface area is 181 Å². The highest BCUT2D eigenvalue weighted by Crippen LogP contribution is 2.22. The summed E-state index contributed by atoms with van der Waals surface area (Å²) in [5.41, 5.74) is 2.41. The van der Waals surface area contributed by atoms with Crippen molar-refractivity contribution in [3.63, 3.8) is 0 Å². The van der Waals surface area contributed by atoms with Crippen molar-refractivity contribution >= 4 is 38.0 Å². The summed E-state index contributed by atoms with van der Waals surface area (Å²) in [6.45, 7) is 8.16. The van der Waals surface area contributed by atoms with Crippen LogP contribution >= 0.6 is 22.9 Å². The van der Waals surface area contributed by atoms with E-state index in [0.29, 0.717) is 30.3 Å². The summed E-state index contributed by atoms with van der Waals surface area (Å²) in [6.07, 6.45) is 0.698. The van der Waals surface area contributed by atoms with Crippen molar-refractivity contribution in [2.75, 3.05) is 31.1 Å². The maximum absolute atomic E-state index is 12.8. The summed E-state index contributed by atoms with van der Waals surface area (Å²) in [6, 6.07) is 11.8. The summed E-state index contributed by atoms with van der Waals surface area (Å²) >= 11 is 2.62. The molecule has 3 aromatic rings. The van der Waals surface area contributed by atoms with Crippen LogP contribution in [0.25, 0.3) is 0 Å². The number of sulfonamides is 1. The minimum Gasteiger partial charge on any atom is -0.346 e. The van der Waals surface area contributed by atoms with Gasteiger partial charge in [0.05, 0.1) is 0 Å². The van der Waals surface area contributed by atoms with Crippen molar-refractivity contribution in [1.82, 2.24) is 13.7 Å². The Kier molecular flexibility index (Phi) is 7.39. The number of benzene rings is 1. The van der Waals surface area contributed by atoms with E-state index in [2.05, 4.69) is 39.4 Å². The van der Waals surface area contributed by atoms with Gasteiger partial charge in [-0.2, -0.15) is 8.68 Å². The first-order chi connectivity index (χ1) is 13.9. The molecule has 0 atom stereocenters. The monoisotopic (exact) mass is 450 g/mol. The van der Waals surface area contributed by atoms with Gasteiger partial charge in [0, 0.05) is 44.1 Å². The Morgan fingerprint density at radius 1 is 1.07 bits per heavy atom. The number of hydrogen-bond acceptors (Lipinski definition) is 7. The van der Waals surface area contributed by atoms with Gasteiger partial charge in [-0.25, -0.2) is 13.4 Å². The fourth-order valence-electron chi connectivity index (χ4n) is 3.06. The predicted octanol–water partition coefficient (Wildman–Crippen LogP) is 4.04. The number of aryl methyl sites for hydroxylation is 1. The molecule has 0 unspecified atom stereocenters. The van der Waals surface area contributed by atoms with Crippen LogP contribution in [0, 0.1) is 6.92 Å². The van der Waals surface area contributed by atoms with E-state index in [1.165, 1.54) is 38.3 Å². The third kappa shape index (κ3) is 5.42. The molecule has 0 aliphatic heterocycles. The van der Waals surface area contributed by atoms with Gasteiger partial charge in [-0.15, -0.1) is 11.3 Å². The first-order valence-corrected chi connectivity index (χ1v) is 12.7. The molecule has 2 heterocycles. The molecule has 0 N–H and O–H groups in total. The average Bonchev–Trinajstić information content (AvgIpc) is 3.38. The van der Waals surface area contributed by atoms with Crippen molar-refractivity contribution in [1.29, 1.82) is 0 Å². The van der Waals surface area contributed by atoms with Gasteiger partial charge < -0.3 is 4.90 Å². The van der Waals surface area contributed by atoms with E-state index < -0.39 is 10.0 Å². The van der Waals surface area contributed by atoms with Crippen molar-refractivity contribution in [2.24, 2.45) is 0 Å². The molecule has 9 heteroatoms. The molecule has 0 aliphatic rings. The van der Waals surface area contributed by atoms with Crippen LogP contribution in [0.1, 0.15) is 30.8 Å². The largest absolute Gasteiger partial charge is 0.346 e. The maximum atomic E-state index is 12.8. The van der Waals surface area contributed by atoms with Crippen LogP contribution in [0.15, 0.2) is 46.0 Å². The quantitative estimate of drug-likeness (QED) is 0.466. The van der Waals surface area contributed by atoms with Crippen molar-refractivity contribution < 1.29 is 8.42 Å². The van der Waals surface area contributed by atoms with Crippen molar-refractivity contribution in [3.05, 3.63) is 58.7 Å². The molecule has 0 bridgehead atoms. The van der Waals surface area contributed by atoms with E-state index in [1.807, 2.05) is 19.9 Å². The second-order valence-corrected chi connectivity index (χ2v) is 10.5. The third-order valence-corrected chi connectivity index (χ3v) is 8.78. The van der Waals surface area contributed by atoms with Gasteiger partial charge in [0.25, 0.3) is 10.0 Å². The van der Waals surface area contributed by atoms with E-state index in [-0.39, 0.29) is 0 Å². The number of nitrogens with zero attached hydrogens (tertiary/aromatic N) is 4. The van der Waals surface area contributed by atoms with E-state index in [4.69, 9.17) is 0 Å². The standard InChI is InChI=1S/C20H26N4O2S3/c1-4-23(11-12-24(5-2)29(25,26)19-10-7-13-27-19)20-21-18(22-28-20)15-17-9-6-8-16(3)14-17/h6-10,13-14H,4-5,11-12,15H2,1-3H3. The zero-order chi connectivity index (χ0) is 20.9. The fourth-order valence-corrected chi connectivity index (χ4v) is 6.42. The molecule has 0 spiro atoms. The molecule has 29 heavy (non-hydrogen) atoms. The SMILES string of the molecule is CCN(CCN(CC)S(=O)(=O)c1cccs1)c1nc(Cc2cccc(C)c2)ns1. The van der Waals surface area contributed by atoms with Gasteiger partial charge in [0.15, 0.2) is 0 Å². The topological polar surface area (TPSA) is 66.4 Å². The Morgan fingerprint density at radius 2 is 1.90 bits per heavy atom. The van der Waals surface area contributed by atoms with Gasteiger partial charge in [0.2, 0.25) is 5.13 Å². The van der Waals surface area contributed by atoms with E-state index >= 15 is 0 Å². The third-order valence-electron chi connectivity index (χ3n) is 4.62. The lowest BCUT2D eigenvalue weighted by atomic mass is 10.1. The van der Waals surface area contributed by atoms with Gasteiger partial charge >= 0.3 is 0 Å². The molecular weight excluding hydrogens is 424 g/mol. The molecule has 0 fully saturated rings. The van der Waals surface area contributed by atoms with Crippen molar-refractivity contribution in [3.8, 4) is 0 Å². The zero-order valence-electron chi connectivity index (χ0n) is 16.9. The summed E-state index contributed by atoms with van der Waals surface area (Å²) in [5.74, 6) is 0.799. The summed E-state index contributed by atoms with van der Waals surface area (Å²) < 4.78 is 32.0. The number of aromatic nitrogens is 2. The Hall–Kier alpha value is -1.81. The molecular formula is C20H26N4O2S3. The summed E-state index contributed by atoms with van der Waals surface area (Å²) in [4.78, 5) is 6.78. The number of likely N-dealkylation sites (N-methyl/N-ethyl adjacent to an activating group) is 2. The maximum Gasteiger partial charge on any atom is 0.252 e. The first kappa shape index (κ1) is 21.9. The Morgan fingerprint density at radius 3 is 2.55 bits per heavy atom. The van der Waals surface area contributed by atoms with Gasteiger partial charge in [-0.3, -0.25) is 0 Å². The predicted molar refractivity (Wildman–Crippen MR) is 121 cm³/mol. The first-order valence-electron chi connectivity index (χ1n) is 9.60. The zero-order valence-corrected chi connectivity index (χ0v) is 19.4. The minimum atomic E-state index is -3.44. The molecule has 0 amide bonds. The molecule has 0 saturated heterocycles. The van der Waals surface area contributed by atoms with Crippen LogP contribution in [0.4, 0.5) is 5.13 Å². The molecule has 2 aromatic heterocycles. The van der Waals surface area contributed by atoms with E-state index in [9.17, 15) is 8.42 Å². The second-order valence-electron chi connectivity index (χ2n) is 6.67. The fraction of sp³-hybridized carbons (Fsp3) is 0.400. The lowest BCUT2D eigenvalue weighted by Gasteiger charge is -2.24. The average molecular weight is 451 g/mol. The van der Waals surface area contributed by atoms with Crippen LogP contribution < -0.4 is 4.90 Å². The second kappa shape index (κ2) is 9.80. The van der Waals surface area contributed by atoms with Crippen LogP contribution in [-0.4, -0.2) is 48.3 Å². The van der Waals surface area contributed by atoms with E-state index in [0.717, 1.165) is 17.5 Å². The van der Waals surface area contributed by atoms with Gasteiger partial charge in [0.1, 0.15) is 10.0 Å². The molecule has 0 radical (unpaired) electrons. The number of rotatable bonds is 10. The Balaban J connectivity index is 1.66. The Bertz CT molecular complexity index is 1020.